The molecule has 5 heteroatoms. The summed E-state index contributed by atoms with van der Waals surface area (Å²) >= 11 is 0. The van der Waals surface area contributed by atoms with Crippen LogP contribution in [-0.4, -0.2) is 19.9 Å². The van der Waals surface area contributed by atoms with Crippen molar-refractivity contribution in [2.45, 2.75) is 24.8 Å². The fourth-order valence-electron chi connectivity index (χ4n) is 4.44. The largest absolute Gasteiger partial charge is 0.467 e. The molecule has 5 rings (SSSR count). The molecule has 5 nitrogen and oxygen atoms in total. The Kier molecular flexibility index (Phi) is 4.58. The zero-order valence-corrected chi connectivity index (χ0v) is 17.2. The van der Waals surface area contributed by atoms with Crippen molar-refractivity contribution in [3.05, 3.63) is 89.5 Å². The number of furan rings is 1. The number of nitrogens with one attached hydrogen (secondary N) is 2. The number of rotatable bonds is 3. The van der Waals surface area contributed by atoms with Gasteiger partial charge < -0.3 is 20.0 Å². The minimum absolute atomic E-state index is 0.155. The highest BCUT2D eigenvalue weighted by Crippen LogP contribution is 2.44. The molecule has 3 aromatic rings. The van der Waals surface area contributed by atoms with Crippen LogP contribution >= 0.6 is 0 Å². The van der Waals surface area contributed by atoms with Gasteiger partial charge in [0, 0.05) is 37.5 Å². The Balaban J connectivity index is 1.54. The Hall–Kier alpha value is -3.47. The first-order valence-electron chi connectivity index (χ1n) is 10.3. The van der Waals surface area contributed by atoms with Crippen molar-refractivity contribution in [1.29, 1.82) is 0 Å². The molecule has 1 aliphatic carbocycles. The fraction of sp³-hybridized carbons (Fsp3) is 0.240. The van der Waals surface area contributed by atoms with Crippen molar-refractivity contribution in [3.63, 3.8) is 0 Å². The van der Waals surface area contributed by atoms with Gasteiger partial charge >= 0.3 is 0 Å². The highest BCUT2D eigenvalue weighted by molar-refractivity contribution is 6.01. The van der Waals surface area contributed by atoms with E-state index in [1.165, 1.54) is 5.56 Å². The van der Waals surface area contributed by atoms with Gasteiger partial charge in [0.15, 0.2) is 5.78 Å². The standard InChI is InChI=1S/C25H25N3O2/c1-28(2)18-11-9-16(10-12-18)17-14-21-24(22(29)15-17)25(23-8-5-13-30-23)27-20-7-4-3-6-19(20)26-21/h3-13,17,25-27H,14-15H2,1-2H3/t17-,25+/m0/s1. The third-order valence-corrected chi connectivity index (χ3v) is 6.02. The van der Waals surface area contributed by atoms with E-state index < -0.39 is 0 Å². The molecule has 1 aromatic heterocycles. The second-order valence-corrected chi connectivity index (χ2v) is 8.17. The lowest BCUT2D eigenvalue weighted by Gasteiger charge is -2.29. The molecule has 0 radical (unpaired) electrons. The van der Waals surface area contributed by atoms with Crippen molar-refractivity contribution in [1.82, 2.24) is 0 Å². The highest BCUT2D eigenvalue weighted by Gasteiger charge is 2.37. The molecule has 2 aliphatic rings. The number of fused-ring (bicyclic) bond motifs is 1. The van der Waals surface area contributed by atoms with E-state index in [2.05, 4.69) is 39.8 Å². The van der Waals surface area contributed by atoms with E-state index in [-0.39, 0.29) is 17.7 Å². The van der Waals surface area contributed by atoms with Crippen molar-refractivity contribution >= 4 is 22.8 Å². The topological polar surface area (TPSA) is 57.5 Å². The maximum atomic E-state index is 13.4. The molecular formula is C25H25N3O2. The summed E-state index contributed by atoms with van der Waals surface area (Å²) in [6.07, 6.45) is 2.94. The Labute approximate surface area is 176 Å². The average molecular weight is 399 g/mol. The molecule has 0 unspecified atom stereocenters. The molecule has 2 heterocycles. The van der Waals surface area contributed by atoms with Gasteiger partial charge in [-0.05, 0) is 54.3 Å². The van der Waals surface area contributed by atoms with Crippen LogP contribution in [0.15, 0.2) is 82.6 Å². The third-order valence-electron chi connectivity index (χ3n) is 6.02. The molecular weight excluding hydrogens is 374 g/mol. The Morgan fingerprint density at radius 1 is 0.933 bits per heavy atom. The van der Waals surface area contributed by atoms with Crippen molar-refractivity contribution < 1.29 is 9.21 Å². The Morgan fingerprint density at radius 2 is 1.70 bits per heavy atom. The van der Waals surface area contributed by atoms with E-state index in [9.17, 15) is 4.79 Å². The first kappa shape index (κ1) is 18.6. The number of anilines is 3. The molecule has 2 N–H and O–H groups in total. The number of carbonyl (C=O) groups is 1. The predicted molar refractivity (Wildman–Crippen MR) is 120 cm³/mol. The smallest absolute Gasteiger partial charge is 0.163 e. The van der Waals surface area contributed by atoms with Gasteiger partial charge in [-0.3, -0.25) is 4.79 Å². The van der Waals surface area contributed by atoms with Gasteiger partial charge in [0.05, 0.1) is 17.6 Å². The molecule has 0 amide bonds. The number of nitrogens with zero attached hydrogens (tertiary/aromatic N) is 1. The number of para-hydroxylation sites is 2. The van der Waals surface area contributed by atoms with Crippen LogP contribution in [0.3, 0.4) is 0 Å². The SMILES string of the molecule is CN(C)c1ccc([C@@H]2CC(=O)C3=C(C2)Nc2ccccc2N[C@@H]3c2ccco2)cc1. The number of carbonyl (C=O) groups excluding carboxylic acids is 1. The minimum Gasteiger partial charge on any atom is -0.467 e. The maximum absolute atomic E-state index is 13.4. The number of hydrogen-bond acceptors (Lipinski definition) is 5. The predicted octanol–water partition coefficient (Wildman–Crippen LogP) is 5.33. The number of Topliss-reactive ketones (excluding diaryl/α,β-unsaturated/α-hetero) is 1. The number of benzene rings is 2. The number of ketones is 1. The van der Waals surface area contributed by atoms with E-state index in [0.29, 0.717) is 6.42 Å². The van der Waals surface area contributed by atoms with Crippen LogP contribution in [0.4, 0.5) is 17.1 Å². The summed E-state index contributed by atoms with van der Waals surface area (Å²) in [6, 6.07) is 20.1. The summed E-state index contributed by atoms with van der Waals surface area (Å²) in [5.41, 5.74) is 6.06. The number of allylic oxidation sites excluding steroid dienone is 1. The highest BCUT2D eigenvalue weighted by atomic mass is 16.3. The van der Waals surface area contributed by atoms with E-state index in [0.717, 1.165) is 40.5 Å². The number of hydrogen-bond donors (Lipinski definition) is 2. The molecule has 30 heavy (non-hydrogen) atoms. The molecule has 0 fully saturated rings. The fourth-order valence-corrected chi connectivity index (χ4v) is 4.44. The van der Waals surface area contributed by atoms with Crippen LogP contribution in [0.1, 0.15) is 36.1 Å². The third kappa shape index (κ3) is 3.26. The summed E-state index contributed by atoms with van der Waals surface area (Å²) in [5.74, 6) is 1.07. The lowest BCUT2D eigenvalue weighted by Crippen LogP contribution is -2.26. The van der Waals surface area contributed by atoms with Crippen LogP contribution < -0.4 is 15.5 Å². The quantitative estimate of drug-likeness (QED) is 0.624. The molecule has 0 saturated carbocycles. The van der Waals surface area contributed by atoms with Gasteiger partial charge in [0.2, 0.25) is 0 Å². The van der Waals surface area contributed by atoms with Crippen LogP contribution in [0.5, 0.6) is 0 Å². The maximum Gasteiger partial charge on any atom is 0.163 e. The zero-order chi connectivity index (χ0) is 20.7. The van der Waals surface area contributed by atoms with Gasteiger partial charge in [-0.2, -0.15) is 0 Å². The van der Waals surface area contributed by atoms with E-state index in [1.807, 2.05) is 50.5 Å². The van der Waals surface area contributed by atoms with Crippen molar-refractivity contribution in [2.24, 2.45) is 0 Å². The van der Waals surface area contributed by atoms with Gasteiger partial charge in [-0.1, -0.05) is 24.3 Å². The van der Waals surface area contributed by atoms with Crippen LogP contribution in [0.25, 0.3) is 0 Å². The first-order valence-corrected chi connectivity index (χ1v) is 10.3. The summed E-state index contributed by atoms with van der Waals surface area (Å²) in [6.45, 7) is 0. The summed E-state index contributed by atoms with van der Waals surface area (Å²) in [4.78, 5) is 15.5. The average Bonchev–Trinajstić information content (AvgIpc) is 3.22. The molecule has 0 bridgehead atoms. The monoisotopic (exact) mass is 399 g/mol. The van der Waals surface area contributed by atoms with Crippen LogP contribution in [0.2, 0.25) is 0 Å². The van der Waals surface area contributed by atoms with Gasteiger partial charge in [-0.25, -0.2) is 0 Å². The summed E-state index contributed by atoms with van der Waals surface area (Å²) in [7, 11) is 4.07. The van der Waals surface area contributed by atoms with Crippen molar-refractivity contribution in [3.8, 4) is 0 Å². The van der Waals surface area contributed by atoms with Gasteiger partial charge in [-0.15, -0.1) is 0 Å². The molecule has 152 valence electrons. The molecule has 2 atom stereocenters. The summed E-state index contributed by atoms with van der Waals surface area (Å²) in [5, 5.41) is 7.09. The summed E-state index contributed by atoms with van der Waals surface area (Å²) < 4.78 is 5.71. The van der Waals surface area contributed by atoms with E-state index in [1.54, 1.807) is 6.26 Å². The van der Waals surface area contributed by atoms with Crippen molar-refractivity contribution in [2.75, 3.05) is 29.6 Å². The zero-order valence-electron chi connectivity index (χ0n) is 17.2. The molecule has 0 saturated heterocycles. The second-order valence-electron chi connectivity index (χ2n) is 8.17. The van der Waals surface area contributed by atoms with Crippen LogP contribution in [-0.2, 0) is 4.79 Å². The Morgan fingerprint density at radius 3 is 2.40 bits per heavy atom. The van der Waals surface area contributed by atoms with E-state index in [4.69, 9.17) is 4.42 Å². The van der Waals surface area contributed by atoms with Gasteiger partial charge in [0.1, 0.15) is 11.8 Å². The Bertz CT molecular complexity index is 1100. The van der Waals surface area contributed by atoms with Crippen LogP contribution in [0, 0.1) is 0 Å². The molecule has 2 aromatic carbocycles. The lowest BCUT2D eigenvalue weighted by atomic mass is 9.79. The minimum atomic E-state index is -0.296. The van der Waals surface area contributed by atoms with Gasteiger partial charge in [0.25, 0.3) is 0 Å². The molecule has 0 spiro atoms. The lowest BCUT2D eigenvalue weighted by molar-refractivity contribution is -0.116. The normalized spacial score (nSPS) is 20.5. The van der Waals surface area contributed by atoms with E-state index >= 15 is 0 Å². The molecule has 1 aliphatic heterocycles. The first-order chi connectivity index (χ1) is 14.6. The second kappa shape index (κ2) is 7.41.